The molecule has 0 bridgehead atoms. The molecule has 0 N–H and O–H groups in total. The van der Waals surface area contributed by atoms with Gasteiger partial charge in [-0.3, -0.25) is 4.79 Å². The zero-order valence-electron chi connectivity index (χ0n) is 8.03. The molecular weight excluding hydrogens is 181 g/mol. The van der Waals surface area contributed by atoms with Gasteiger partial charge in [-0.15, -0.1) is 0 Å². The normalized spacial score (nSPS) is 15.3. The van der Waals surface area contributed by atoms with Gasteiger partial charge in [-0.25, -0.2) is 4.39 Å². The van der Waals surface area contributed by atoms with Gasteiger partial charge in [0.25, 0.3) is 0 Å². The Morgan fingerprint density at radius 3 is 2.43 bits per heavy atom. The second kappa shape index (κ2) is 3.40. The topological polar surface area (TPSA) is 20.3 Å². The summed E-state index contributed by atoms with van der Waals surface area (Å²) in [5.74, 6) is 0.0580. The molecule has 1 fully saturated rings. The third-order valence-electron chi connectivity index (χ3n) is 2.47. The summed E-state index contributed by atoms with van der Waals surface area (Å²) in [5.41, 5.74) is 0.753. The lowest BCUT2D eigenvalue weighted by molar-refractivity contribution is -0.119. The van der Waals surface area contributed by atoms with Crippen LogP contribution in [0, 0.1) is 11.7 Å². The number of anilines is 1. The number of rotatable bonds is 2. The van der Waals surface area contributed by atoms with E-state index in [1.54, 1.807) is 24.1 Å². The standard InChI is InChI=1S/C11H12FNO/c1-13(11(14)8-2-3-8)10-6-4-9(12)5-7-10/h4-8H,2-3H2,1H3. The minimum Gasteiger partial charge on any atom is -0.315 e. The highest BCUT2D eigenvalue weighted by atomic mass is 19.1. The van der Waals surface area contributed by atoms with Crippen molar-refractivity contribution in [2.75, 3.05) is 11.9 Å². The Morgan fingerprint density at radius 1 is 1.36 bits per heavy atom. The van der Waals surface area contributed by atoms with Crippen molar-refractivity contribution >= 4 is 11.6 Å². The van der Waals surface area contributed by atoms with E-state index in [0.29, 0.717) is 0 Å². The van der Waals surface area contributed by atoms with Crippen LogP contribution >= 0.6 is 0 Å². The van der Waals surface area contributed by atoms with Gasteiger partial charge in [0.2, 0.25) is 5.91 Å². The summed E-state index contributed by atoms with van der Waals surface area (Å²) in [6, 6.07) is 5.98. The molecule has 3 heteroatoms. The van der Waals surface area contributed by atoms with Crippen LogP contribution in [0.15, 0.2) is 24.3 Å². The van der Waals surface area contributed by atoms with E-state index in [4.69, 9.17) is 0 Å². The van der Waals surface area contributed by atoms with Crippen LogP contribution in [0.3, 0.4) is 0 Å². The molecule has 0 heterocycles. The fourth-order valence-electron chi connectivity index (χ4n) is 1.40. The predicted octanol–water partition coefficient (Wildman–Crippen LogP) is 2.20. The van der Waals surface area contributed by atoms with E-state index in [-0.39, 0.29) is 17.6 Å². The first-order valence-electron chi connectivity index (χ1n) is 4.71. The highest BCUT2D eigenvalue weighted by Crippen LogP contribution is 2.32. The average molecular weight is 193 g/mol. The van der Waals surface area contributed by atoms with Gasteiger partial charge in [0, 0.05) is 18.7 Å². The molecule has 1 aromatic rings. The van der Waals surface area contributed by atoms with Gasteiger partial charge in [-0.2, -0.15) is 0 Å². The minimum absolute atomic E-state index is 0.136. The average Bonchev–Trinajstić information content (AvgIpc) is 3.00. The lowest BCUT2D eigenvalue weighted by atomic mass is 10.2. The maximum absolute atomic E-state index is 12.6. The Kier molecular flexibility index (Phi) is 2.23. The third-order valence-corrected chi connectivity index (χ3v) is 2.47. The first-order valence-corrected chi connectivity index (χ1v) is 4.71. The van der Waals surface area contributed by atoms with Gasteiger partial charge in [-0.05, 0) is 37.1 Å². The first kappa shape index (κ1) is 9.19. The number of amides is 1. The molecular formula is C11H12FNO. The molecule has 1 amide bonds. The van der Waals surface area contributed by atoms with Crippen molar-refractivity contribution in [1.82, 2.24) is 0 Å². The summed E-state index contributed by atoms with van der Waals surface area (Å²) in [6.45, 7) is 0. The van der Waals surface area contributed by atoms with E-state index in [1.807, 2.05) is 0 Å². The molecule has 0 saturated heterocycles. The van der Waals surface area contributed by atoms with Crippen molar-refractivity contribution in [2.24, 2.45) is 5.92 Å². The molecule has 14 heavy (non-hydrogen) atoms. The van der Waals surface area contributed by atoms with Gasteiger partial charge >= 0.3 is 0 Å². The Bertz CT molecular complexity index is 343. The zero-order chi connectivity index (χ0) is 10.1. The van der Waals surface area contributed by atoms with Crippen molar-refractivity contribution in [3.05, 3.63) is 30.1 Å². The summed E-state index contributed by atoms with van der Waals surface area (Å²) in [6.07, 6.45) is 1.98. The maximum atomic E-state index is 12.6. The summed E-state index contributed by atoms with van der Waals surface area (Å²) in [5, 5.41) is 0. The molecule has 0 aromatic heterocycles. The highest BCUT2D eigenvalue weighted by Gasteiger charge is 2.32. The molecule has 1 aliphatic rings. The van der Waals surface area contributed by atoms with Crippen LogP contribution in [0.25, 0.3) is 0 Å². The van der Waals surface area contributed by atoms with Crippen LogP contribution in [0.1, 0.15) is 12.8 Å². The summed E-state index contributed by atoms with van der Waals surface area (Å²) < 4.78 is 12.6. The van der Waals surface area contributed by atoms with Crippen molar-refractivity contribution in [3.63, 3.8) is 0 Å². The Balaban J connectivity index is 2.13. The second-order valence-corrected chi connectivity index (χ2v) is 3.65. The van der Waals surface area contributed by atoms with Gasteiger partial charge in [0.1, 0.15) is 5.82 Å². The van der Waals surface area contributed by atoms with E-state index in [2.05, 4.69) is 0 Å². The third kappa shape index (κ3) is 1.76. The van der Waals surface area contributed by atoms with Crippen molar-refractivity contribution < 1.29 is 9.18 Å². The SMILES string of the molecule is CN(C(=O)C1CC1)c1ccc(F)cc1. The predicted molar refractivity (Wildman–Crippen MR) is 52.5 cm³/mol. The molecule has 0 unspecified atom stereocenters. The number of benzene rings is 1. The molecule has 74 valence electrons. The van der Waals surface area contributed by atoms with Crippen molar-refractivity contribution in [2.45, 2.75) is 12.8 Å². The molecule has 1 aliphatic carbocycles. The van der Waals surface area contributed by atoms with E-state index in [0.717, 1.165) is 18.5 Å². The lowest BCUT2D eigenvalue weighted by Crippen LogP contribution is -2.27. The Morgan fingerprint density at radius 2 is 1.93 bits per heavy atom. The summed E-state index contributed by atoms with van der Waals surface area (Å²) >= 11 is 0. The summed E-state index contributed by atoms with van der Waals surface area (Å²) in [7, 11) is 1.73. The number of hydrogen-bond donors (Lipinski definition) is 0. The van der Waals surface area contributed by atoms with Crippen LogP contribution in [0.2, 0.25) is 0 Å². The largest absolute Gasteiger partial charge is 0.315 e. The summed E-state index contributed by atoms with van der Waals surface area (Å²) in [4.78, 5) is 13.2. The molecule has 0 atom stereocenters. The van der Waals surface area contributed by atoms with Crippen LogP contribution in [0.4, 0.5) is 10.1 Å². The van der Waals surface area contributed by atoms with Gasteiger partial charge in [0.15, 0.2) is 0 Å². The molecule has 1 saturated carbocycles. The van der Waals surface area contributed by atoms with Gasteiger partial charge in [0.05, 0.1) is 0 Å². The molecule has 0 radical (unpaired) electrons. The van der Waals surface area contributed by atoms with Crippen LogP contribution in [-0.4, -0.2) is 13.0 Å². The first-order chi connectivity index (χ1) is 6.68. The van der Waals surface area contributed by atoms with Crippen LogP contribution in [0.5, 0.6) is 0 Å². The van der Waals surface area contributed by atoms with E-state index < -0.39 is 0 Å². The van der Waals surface area contributed by atoms with E-state index >= 15 is 0 Å². The van der Waals surface area contributed by atoms with Crippen molar-refractivity contribution in [1.29, 1.82) is 0 Å². The Labute approximate surface area is 82.3 Å². The molecule has 2 rings (SSSR count). The number of nitrogens with zero attached hydrogens (tertiary/aromatic N) is 1. The van der Waals surface area contributed by atoms with E-state index in [9.17, 15) is 9.18 Å². The Hall–Kier alpha value is -1.38. The fourth-order valence-corrected chi connectivity index (χ4v) is 1.40. The van der Waals surface area contributed by atoms with Crippen LogP contribution < -0.4 is 4.90 Å². The lowest BCUT2D eigenvalue weighted by Gasteiger charge is -2.16. The number of carbonyl (C=O) groups excluding carboxylic acids is 1. The molecule has 1 aromatic carbocycles. The smallest absolute Gasteiger partial charge is 0.229 e. The molecule has 0 spiro atoms. The number of halogens is 1. The number of carbonyl (C=O) groups is 1. The van der Waals surface area contributed by atoms with Gasteiger partial charge in [-0.1, -0.05) is 0 Å². The monoisotopic (exact) mass is 193 g/mol. The molecule has 2 nitrogen and oxygen atoms in total. The van der Waals surface area contributed by atoms with Crippen LogP contribution in [-0.2, 0) is 4.79 Å². The maximum Gasteiger partial charge on any atom is 0.229 e. The molecule has 0 aliphatic heterocycles. The van der Waals surface area contributed by atoms with Crippen molar-refractivity contribution in [3.8, 4) is 0 Å². The minimum atomic E-state index is -0.277. The zero-order valence-corrected chi connectivity index (χ0v) is 8.03. The quantitative estimate of drug-likeness (QED) is 0.705. The second-order valence-electron chi connectivity index (χ2n) is 3.65. The van der Waals surface area contributed by atoms with E-state index in [1.165, 1.54) is 12.1 Å². The highest BCUT2D eigenvalue weighted by molar-refractivity contribution is 5.95. The fraction of sp³-hybridized carbons (Fsp3) is 0.364. The number of hydrogen-bond acceptors (Lipinski definition) is 1. The van der Waals surface area contributed by atoms with Gasteiger partial charge < -0.3 is 4.90 Å².